The fourth-order valence-corrected chi connectivity index (χ4v) is 1.82. The summed E-state index contributed by atoms with van der Waals surface area (Å²) in [4.78, 5) is 2.17. The minimum Gasteiger partial charge on any atom is -0.507 e. The van der Waals surface area contributed by atoms with E-state index in [4.69, 9.17) is 11.6 Å². The van der Waals surface area contributed by atoms with Gasteiger partial charge < -0.3 is 10.0 Å². The molecule has 0 radical (unpaired) electrons. The minimum absolute atomic E-state index is 0.245. The molecule has 1 aromatic carbocycles. The topological polar surface area (TPSA) is 23.5 Å². The number of phenols is 1. The monoisotopic (exact) mass is 239 g/mol. The highest BCUT2D eigenvalue weighted by molar-refractivity contribution is 6.23. The standard InChI is InChI=1S/C13H18ClNO/c1-4-15(5-2)11-6-7-12(10(3)9-14)13(16)8-11/h6-8,16H,3-5,9H2,1-2H3. The molecule has 0 bridgehead atoms. The Hall–Kier alpha value is -1.15. The molecule has 2 nitrogen and oxygen atoms in total. The second-order valence-electron chi connectivity index (χ2n) is 3.61. The molecule has 1 rings (SSSR count). The molecule has 88 valence electrons. The van der Waals surface area contributed by atoms with Crippen molar-refractivity contribution in [2.45, 2.75) is 13.8 Å². The molecule has 0 spiro atoms. The Bertz CT molecular complexity index is 372. The summed E-state index contributed by atoms with van der Waals surface area (Å²) in [5, 5.41) is 9.89. The van der Waals surface area contributed by atoms with Crippen LogP contribution in [0.25, 0.3) is 5.57 Å². The number of benzene rings is 1. The SMILES string of the molecule is C=C(CCl)c1ccc(N(CC)CC)cc1O. The normalized spacial score (nSPS) is 10.2. The van der Waals surface area contributed by atoms with Gasteiger partial charge in [0.15, 0.2) is 0 Å². The lowest BCUT2D eigenvalue weighted by atomic mass is 10.1. The smallest absolute Gasteiger partial charge is 0.125 e. The van der Waals surface area contributed by atoms with E-state index >= 15 is 0 Å². The Balaban J connectivity index is 3.03. The predicted molar refractivity (Wildman–Crippen MR) is 71.4 cm³/mol. The summed E-state index contributed by atoms with van der Waals surface area (Å²) < 4.78 is 0. The Morgan fingerprint density at radius 2 is 2.00 bits per heavy atom. The number of nitrogens with zero attached hydrogens (tertiary/aromatic N) is 1. The number of anilines is 1. The van der Waals surface area contributed by atoms with Gasteiger partial charge in [0.05, 0.1) is 0 Å². The Kier molecular flexibility index (Phi) is 4.69. The maximum atomic E-state index is 9.89. The summed E-state index contributed by atoms with van der Waals surface area (Å²) in [6.07, 6.45) is 0. The molecule has 0 saturated carbocycles. The molecule has 0 fully saturated rings. The Labute approximate surface area is 102 Å². The van der Waals surface area contributed by atoms with Crippen LogP contribution >= 0.6 is 11.6 Å². The summed E-state index contributed by atoms with van der Waals surface area (Å²) in [6.45, 7) is 9.84. The van der Waals surface area contributed by atoms with Crippen molar-refractivity contribution in [3.8, 4) is 5.75 Å². The van der Waals surface area contributed by atoms with E-state index < -0.39 is 0 Å². The zero-order chi connectivity index (χ0) is 12.1. The minimum atomic E-state index is 0.245. The van der Waals surface area contributed by atoms with E-state index in [-0.39, 0.29) is 5.75 Å². The van der Waals surface area contributed by atoms with E-state index in [1.165, 1.54) is 0 Å². The van der Waals surface area contributed by atoms with Crippen molar-refractivity contribution in [1.29, 1.82) is 0 Å². The predicted octanol–water partition coefficient (Wildman–Crippen LogP) is 3.49. The van der Waals surface area contributed by atoms with Gasteiger partial charge in [-0.05, 0) is 31.6 Å². The van der Waals surface area contributed by atoms with Gasteiger partial charge in [-0.1, -0.05) is 6.58 Å². The first kappa shape index (κ1) is 12.9. The number of hydrogen-bond donors (Lipinski definition) is 1. The van der Waals surface area contributed by atoms with Gasteiger partial charge in [0, 0.05) is 36.3 Å². The van der Waals surface area contributed by atoms with Gasteiger partial charge >= 0.3 is 0 Å². The molecule has 0 amide bonds. The quantitative estimate of drug-likeness (QED) is 0.796. The van der Waals surface area contributed by atoms with Crippen molar-refractivity contribution in [2.75, 3.05) is 23.9 Å². The summed E-state index contributed by atoms with van der Waals surface area (Å²) in [5.74, 6) is 0.577. The first-order valence-corrected chi connectivity index (χ1v) is 5.99. The largest absolute Gasteiger partial charge is 0.507 e. The van der Waals surface area contributed by atoms with Crippen LogP contribution in [0.15, 0.2) is 24.8 Å². The fraction of sp³-hybridized carbons (Fsp3) is 0.385. The van der Waals surface area contributed by atoms with Crippen LogP contribution in [0, 0.1) is 0 Å². The van der Waals surface area contributed by atoms with Crippen LogP contribution < -0.4 is 4.90 Å². The van der Waals surface area contributed by atoms with Gasteiger partial charge in [-0.2, -0.15) is 0 Å². The van der Waals surface area contributed by atoms with Gasteiger partial charge in [0.2, 0.25) is 0 Å². The van der Waals surface area contributed by atoms with Crippen molar-refractivity contribution in [2.24, 2.45) is 0 Å². The van der Waals surface area contributed by atoms with Gasteiger partial charge in [-0.3, -0.25) is 0 Å². The zero-order valence-electron chi connectivity index (χ0n) is 9.83. The van der Waals surface area contributed by atoms with Crippen LogP contribution in [-0.2, 0) is 0 Å². The third-order valence-electron chi connectivity index (χ3n) is 2.65. The molecule has 0 aromatic heterocycles. The molecule has 3 heteroatoms. The summed E-state index contributed by atoms with van der Waals surface area (Å²) >= 11 is 5.69. The zero-order valence-corrected chi connectivity index (χ0v) is 10.6. The molecular weight excluding hydrogens is 222 g/mol. The highest BCUT2D eigenvalue weighted by Crippen LogP contribution is 2.29. The molecule has 0 aliphatic heterocycles. The molecule has 0 aliphatic rings. The lowest BCUT2D eigenvalue weighted by molar-refractivity contribution is 0.473. The van der Waals surface area contributed by atoms with Crippen LogP contribution in [0.3, 0.4) is 0 Å². The third kappa shape index (κ3) is 2.70. The molecule has 16 heavy (non-hydrogen) atoms. The number of aromatic hydroxyl groups is 1. The molecule has 0 aliphatic carbocycles. The lowest BCUT2D eigenvalue weighted by Crippen LogP contribution is -2.21. The van der Waals surface area contributed by atoms with Crippen molar-refractivity contribution >= 4 is 22.9 Å². The molecule has 0 heterocycles. The molecule has 1 aromatic rings. The van der Waals surface area contributed by atoms with Gasteiger partial charge in [-0.25, -0.2) is 0 Å². The highest BCUT2D eigenvalue weighted by Gasteiger charge is 2.08. The fourth-order valence-electron chi connectivity index (χ4n) is 1.68. The second-order valence-corrected chi connectivity index (χ2v) is 3.88. The summed E-state index contributed by atoms with van der Waals surface area (Å²) in [6, 6.07) is 5.62. The number of hydrogen-bond acceptors (Lipinski definition) is 2. The van der Waals surface area contributed by atoms with E-state index in [1.807, 2.05) is 12.1 Å². The summed E-state index contributed by atoms with van der Waals surface area (Å²) in [7, 11) is 0. The Morgan fingerprint density at radius 1 is 1.38 bits per heavy atom. The second kappa shape index (κ2) is 5.80. The van der Waals surface area contributed by atoms with Gasteiger partial charge in [0.1, 0.15) is 5.75 Å². The van der Waals surface area contributed by atoms with Crippen LogP contribution in [0.5, 0.6) is 5.75 Å². The van der Waals surface area contributed by atoms with Crippen molar-refractivity contribution in [3.05, 3.63) is 30.3 Å². The maximum absolute atomic E-state index is 9.89. The lowest BCUT2D eigenvalue weighted by Gasteiger charge is -2.21. The van der Waals surface area contributed by atoms with Crippen LogP contribution in [0.1, 0.15) is 19.4 Å². The average Bonchev–Trinajstić information content (AvgIpc) is 2.30. The van der Waals surface area contributed by atoms with E-state index in [2.05, 4.69) is 25.3 Å². The van der Waals surface area contributed by atoms with E-state index in [9.17, 15) is 5.11 Å². The van der Waals surface area contributed by atoms with Gasteiger partial charge in [0.25, 0.3) is 0 Å². The van der Waals surface area contributed by atoms with Crippen LogP contribution in [0.4, 0.5) is 5.69 Å². The highest BCUT2D eigenvalue weighted by atomic mass is 35.5. The first-order valence-electron chi connectivity index (χ1n) is 5.46. The number of rotatable bonds is 5. The number of alkyl halides is 1. The van der Waals surface area contributed by atoms with Crippen molar-refractivity contribution in [1.82, 2.24) is 0 Å². The number of phenolic OH excluding ortho intramolecular Hbond substituents is 1. The Morgan fingerprint density at radius 3 is 2.44 bits per heavy atom. The van der Waals surface area contributed by atoms with E-state index in [0.29, 0.717) is 5.88 Å². The van der Waals surface area contributed by atoms with Gasteiger partial charge in [-0.15, -0.1) is 11.6 Å². The summed E-state index contributed by atoms with van der Waals surface area (Å²) in [5.41, 5.74) is 2.49. The number of allylic oxidation sites excluding steroid dienone is 1. The maximum Gasteiger partial charge on any atom is 0.125 e. The molecule has 0 unspecified atom stereocenters. The molecule has 0 saturated heterocycles. The molecular formula is C13H18ClNO. The molecule has 0 atom stereocenters. The van der Waals surface area contributed by atoms with E-state index in [1.54, 1.807) is 6.07 Å². The average molecular weight is 240 g/mol. The van der Waals surface area contributed by atoms with E-state index in [0.717, 1.165) is 29.9 Å². The first-order chi connectivity index (χ1) is 7.63. The third-order valence-corrected chi connectivity index (χ3v) is 2.97. The van der Waals surface area contributed by atoms with Crippen LogP contribution in [0.2, 0.25) is 0 Å². The van der Waals surface area contributed by atoms with Crippen LogP contribution in [-0.4, -0.2) is 24.1 Å². The number of halogens is 1. The molecule has 1 N–H and O–H groups in total. The van der Waals surface area contributed by atoms with Crippen molar-refractivity contribution < 1.29 is 5.11 Å². The van der Waals surface area contributed by atoms with Crippen molar-refractivity contribution in [3.63, 3.8) is 0 Å².